The number of rotatable bonds is 3. The third kappa shape index (κ3) is 6.98. The number of nitriles is 1. The van der Waals surface area contributed by atoms with Crippen LogP contribution in [0.25, 0.3) is 0 Å². The Morgan fingerprint density at radius 3 is 2.23 bits per heavy atom. The molecule has 2 N–H and O–H groups in total. The zero-order valence-electron chi connectivity index (χ0n) is 8.10. The van der Waals surface area contributed by atoms with Crippen molar-refractivity contribution < 1.29 is 4.39 Å². The number of allylic oxidation sites excluding steroid dienone is 2. The Morgan fingerprint density at radius 1 is 1.54 bits per heavy atom. The minimum atomic E-state index is -0.621. The summed E-state index contributed by atoms with van der Waals surface area (Å²) in [6, 6.07) is 1.75. The first-order valence-electron chi connectivity index (χ1n) is 3.96. The summed E-state index contributed by atoms with van der Waals surface area (Å²) in [7, 11) is 0. The Morgan fingerprint density at radius 2 is 2.00 bits per heavy atom. The highest BCUT2D eigenvalue weighted by atomic mass is 19.1. The molecule has 0 fully saturated rings. The van der Waals surface area contributed by atoms with Gasteiger partial charge >= 0.3 is 0 Å². The first-order chi connectivity index (χ1) is 6.11. The molecule has 0 aromatic heterocycles. The first-order valence-corrected chi connectivity index (χ1v) is 3.96. The van der Waals surface area contributed by atoms with Gasteiger partial charge < -0.3 is 5.73 Å². The van der Waals surface area contributed by atoms with E-state index in [1.165, 1.54) is 6.08 Å². The molecule has 3 heteroatoms. The van der Waals surface area contributed by atoms with Crippen LogP contribution in [0.4, 0.5) is 4.39 Å². The van der Waals surface area contributed by atoms with Crippen LogP contribution in [0.1, 0.15) is 13.8 Å². The minimum absolute atomic E-state index is 0.0238. The number of nitrogens with two attached hydrogens (primary N) is 1. The lowest BCUT2D eigenvalue weighted by Gasteiger charge is -1.97. The van der Waals surface area contributed by atoms with Crippen LogP contribution in [-0.2, 0) is 0 Å². The Labute approximate surface area is 78.9 Å². The smallest absolute Gasteiger partial charge is 0.120 e. The molecule has 0 bridgehead atoms. The summed E-state index contributed by atoms with van der Waals surface area (Å²) >= 11 is 0. The maximum absolute atomic E-state index is 12.4. The summed E-state index contributed by atoms with van der Waals surface area (Å²) in [6.07, 6.45) is 1.28. The molecule has 0 heterocycles. The number of hydrogen-bond acceptors (Lipinski definition) is 2. The average molecular weight is 182 g/mol. The second-order valence-corrected chi connectivity index (χ2v) is 1.92. The quantitative estimate of drug-likeness (QED) is 0.538. The van der Waals surface area contributed by atoms with Crippen LogP contribution >= 0.6 is 0 Å². The van der Waals surface area contributed by atoms with Gasteiger partial charge in [0.25, 0.3) is 0 Å². The van der Waals surface area contributed by atoms with E-state index in [0.717, 1.165) is 0 Å². The highest BCUT2D eigenvalue weighted by Crippen LogP contribution is 2.09. The monoisotopic (exact) mass is 182 g/mol. The average Bonchev–Trinajstić information content (AvgIpc) is 2.16. The summed E-state index contributed by atoms with van der Waals surface area (Å²) in [5.74, 6) is -0.621. The third-order valence-corrected chi connectivity index (χ3v) is 1.06. The zero-order valence-corrected chi connectivity index (χ0v) is 8.10. The minimum Gasteiger partial charge on any atom is -0.326 e. The normalized spacial score (nSPS) is 9.31. The van der Waals surface area contributed by atoms with Crippen LogP contribution in [0.5, 0.6) is 0 Å². The molecule has 0 aliphatic rings. The van der Waals surface area contributed by atoms with E-state index in [1.54, 1.807) is 6.07 Å². The standard InChI is InChI=1S/C8H9FN2.C2H6/c1-6(4-10)3-8(5-11)7(2)9;1-2/h3H,1-2,5,11H2;1-2H3/b8-3-;. The van der Waals surface area contributed by atoms with Crippen LogP contribution < -0.4 is 5.73 Å². The molecule has 0 radical (unpaired) electrons. The van der Waals surface area contributed by atoms with Crippen LogP contribution in [0.15, 0.2) is 36.2 Å². The van der Waals surface area contributed by atoms with Crippen molar-refractivity contribution in [2.75, 3.05) is 6.54 Å². The summed E-state index contributed by atoms with van der Waals surface area (Å²) in [4.78, 5) is 0. The van der Waals surface area contributed by atoms with E-state index in [9.17, 15) is 4.39 Å². The molecule has 0 aliphatic carbocycles. The number of nitrogens with zero attached hydrogens (tertiary/aromatic N) is 1. The van der Waals surface area contributed by atoms with E-state index in [2.05, 4.69) is 13.2 Å². The lowest BCUT2D eigenvalue weighted by Crippen LogP contribution is -2.03. The fourth-order valence-corrected chi connectivity index (χ4v) is 0.491. The Bertz CT molecular complexity index is 246. The molecule has 72 valence electrons. The largest absolute Gasteiger partial charge is 0.326 e. The molecule has 13 heavy (non-hydrogen) atoms. The lowest BCUT2D eigenvalue weighted by molar-refractivity contribution is 0.651. The van der Waals surface area contributed by atoms with Gasteiger partial charge in [0.2, 0.25) is 0 Å². The predicted octanol–water partition coefficient (Wildman–Crippen LogP) is 2.46. The Balaban J connectivity index is 0. The second kappa shape index (κ2) is 8.69. The molecule has 0 rings (SSSR count). The van der Waals surface area contributed by atoms with Gasteiger partial charge in [-0.1, -0.05) is 27.0 Å². The molecule has 0 amide bonds. The van der Waals surface area contributed by atoms with Gasteiger partial charge in [-0.2, -0.15) is 5.26 Å². The van der Waals surface area contributed by atoms with Crippen LogP contribution in [-0.4, -0.2) is 6.54 Å². The molecule has 0 aromatic carbocycles. The van der Waals surface area contributed by atoms with Crippen LogP contribution in [0.2, 0.25) is 0 Å². The van der Waals surface area contributed by atoms with Crippen molar-refractivity contribution in [1.82, 2.24) is 0 Å². The fraction of sp³-hybridized carbons (Fsp3) is 0.300. The maximum Gasteiger partial charge on any atom is 0.120 e. The Kier molecular flexibility index (Phi) is 9.46. The van der Waals surface area contributed by atoms with Crippen LogP contribution in [0.3, 0.4) is 0 Å². The molecular formula is C10H15FN2. The summed E-state index contributed by atoms with van der Waals surface area (Å²) in [5, 5.41) is 8.27. The van der Waals surface area contributed by atoms with Gasteiger partial charge in [-0.05, 0) is 6.08 Å². The van der Waals surface area contributed by atoms with Crippen molar-refractivity contribution in [2.24, 2.45) is 5.73 Å². The van der Waals surface area contributed by atoms with E-state index in [1.807, 2.05) is 13.8 Å². The topological polar surface area (TPSA) is 49.8 Å². The van der Waals surface area contributed by atoms with Gasteiger partial charge in [0, 0.05) is 17.7 Å². The molecular weight excluding hydrogens is 167 g/mol. The molecule has 0 atom stereocenters. The van der Waals surface area contributed by atoms with Gasteiger partial charge in [0.15, 0.2) is 0 Å². The van der Waals surface area contributed by atoms with Crippen molar-refractivity contribution in [2.45, 2.75) is 13.8 Å². The number of halogens is 1. The molecule has 0 unspecified atom stereocenters. The van der Waals surface area contributed by atoms with Gasteiger partial charge in [-0.15, -0.1) is 0 Å². The predicted molar refractivity (Wildman–Crippen MR) is 53.5 cm³/mol. The molecule has 0 aromatic rings. The molecule has 2 nitrogen and oxygen atoms in total. The summed E-state index contributed by atoms with van der Waals surface area (Å²) in [5.41, 5.74) is 5.53. The lowest BCUT2D eigenvalue weighted by atomic mass is 10.2. The van der Waals surface area contributed by atoms with E-state index in [4.69, 9.17) is 11.0 Å². The second-order valence-electron chi connectivity index (χ2n) is 1.92. The van der Waals surface area contributed by atoms with Gasteiger partial charge in [-0.3, -0.25) is 0 Å². The van der Waals surface area contributed by atoms with Crippen molar-refractivity contribution in [3.63, 3.8) is 0 Å². The summed E-state index contributed by atoms with van der Waals surface area (Å²) < 4.78 is 12.4. The highest BCUT2D eigenvalue weighted by Gasteiger charge is 1.98. The maximum atomic E-state index is 12.4. The molecule has 0 saturated heterocycles. The van der Waals surface area contributed by atoms with E-state index >= 15 is 0 Å². The zero-order chi connectivity index (χ0) is 10.9. The third-order valence-electron chi connectivity index (χ3n) is 1.06. The van der Waals surface area contributed by atoms with E-state index < -0.39 is 5.83 Å². The summed E-state index contributed by atoms with van der Waals surface area (Å²) in [6.45, 7) is 10.4. The number of hydrogen-bond donors (Lipinski definition) is 1. The van der Waals surface area contributed by atoms with Crippen LogP contribution in [0, 0.1) is 11.3 Å². The van der Waals surface area contributed by atoms with Crippen molar-refractivity contribution in [3.05, 3.63) is 36.2 Å². The van der Waals surface area contributed by atoms with Crippen molar-refractivity contribution in [3.8, 4) is 6.07 Å². The van der Waals surface area contributed by atoms with E-state index in [-0.39, 0.29) is 17.7 Å². The van der Waals surface area contributed by atoms with Gasteiger partial charge in [0.1, 0.15) is 5.83 Å². The van der Waals surface area contributed by atoms with Crippen molar-refractivity contribution >= 4 is 0 Å². The highest BCUT2D eigenvalue weighted by molar-refractivity contribution is 5.38. The SMILES string of the molecule is C=C(C#N)/C=C(/CN)C(=C)F.CC. The molecule has 0 spiro atoms. The van der Waals surface area contributed by atoms with E-state index in [0.29, 0.717) is 0 Å². The van der Waals surface area contributed by atoms with Gasteiger partial charge in [0.05, 0.1) is 6.07 Å². The fourth-order valence-electron chi connectivity index (χ4n) is 0.491. The Hall–Kier alpha value is -1.40. The van der Waals surface area contributed by atoms with Gasteiger partial charge in [-0.25, -0.2) is 4.39 Å². The first kappa shape index (κ1) is 14.1. The molecule has 0 aliphatic heterocycles. The molecule has 0 saturated carbocycles. The van der Waals surface area contributed by atoms with Crippen molar-refractivity contribution in [1.29, 1.82) is 5.26 Å².